The topological polar surface area (TPSA) is 88.0 Å². The van der Waals surface area contributed by atoms with Gasteiger partial charge in [-0.2, -0.15) is 5.10 Å². The maximum Gasteiger partial charge on any atom is 0.319 e. The van der Waals surface area contributed by atoms with E-state index in [0.717, 1.165) is 6.54 Å². The third-order valence-electron chi connectivity index (χ3n) is 3.42. The van der Waals surface area contributed by atoms with Crippen molar-refractivity contribution in [2.24, 2.45) is 5.92 Å². The molecule has 3 amide bonds. The van der Waals surface area contributed by atoms with E-state index in [1.54, 1.807) is 37.4 Å². The summed E-state index contributed by atoms with van der Waals surface area (Å²) < 4.78 is 1.84. The Bertz CT molecular complexity index is 652. The molecular formula is C17H23N5O2. The lowest BCUT2D eigenvalue weighted by Crippen LogP contribution is -2.33. The van der Waals surface area contributed by atoms with Gasteiger partial charge in [-0.05, 0) is 36.2 Å². The second kappa shape index (κ2) is 8.71. The van der Waals surface area contributed by atoms with Gasteiger partial charge < -0.3 is 16.0 Å². The van der Waals surface area contributed by atoms with E-state index in [2.05, 4.69) is 21.0 Å². The Morgan fingerprint density at radius 3 is 2.42 bits per heavy atom. The van der Waals surface area contributed by atoms with Crippen molar-refractivity contribution in [1.82, 2.24) is 15.1 Å². The number of hydrogen-bond donors (Lipinski definition) is 3. The highest BCUT2D eigenvalue weighted by atomic mass is 16.2. The highest BCUT2D eigenvalue weighted by molar-refractivity contribution is 5.92. The van der Waals surface area contributed by atoms with E-state index in [9.17, 15) is 9.59 Å². The maximum atomic E-state index is 11.9. The number of amides is 3. The second-order valence-electron chi connectivity index (χ2n) is 5.65. The molecule has 2 aromatic rings. The van der Waals surface area contributed by atoms with E-state index in [1.807, 2.05) is 23.9 Å². The molecule has 2 rings (SSSR count). The third kappa shape index (κ3) is 5.75. The van der Waals surface area contributed by atoms with Crippen LogP contribution in [-0.2, 0) is 11.3 Å². The van der Waals surface area contributed by atoms with Crippen LogP contribution in [-0.4, -0.2) is 28.3 Å². The highest BCUT2D eigenvalue weighted by Gasteiger charge is 2.07. The summed E-state index contributed by atoms with van der Waals surface area (Å²) in [5.41, 5.74) is 1.38. The Kier molecular flexibility index (Phi) is 6.36. The molecule has 0 saturated carbocycles. The van der Waals surface area contributed by atoms with Crippen LogP contribution in [0.25, 0.3) is 0 Å². The van der Waals surface area contributed by atoms with Crippen LogP contribution in [0.5, 0.6) is 0 Å². The quantitative estimate of drug-likeness (QED) is 0.730. The Balaban J connectivity index is 1.74. The van der Waals surface area contributed by atoms with Gasteiger partial charge in [0.15, 0.2) is 0 Å². The summed E-state index contributed by atoms with van der Waals surface area (Å²) >= 11 is 0. The number of nitrogens with one attached hydrogen (secondary N) is 3. The molecule has 0 radical (unpaired) electrons. The number of hydrogen-bond acceptors (Lipinski definition) is 3. The Morgan fingerprint density at radius 1 is 1.17 bits per heavy atom. The zero-order chi connectivity index (χ0) is 17.4. The molecular weight excluding hydrogens is 306 g/mol. The summed E-state index contributed by atoms with van der Waals surface area (Å²) in [5.74, 6) is 0.224. The number of carbonyl (C=O) groups excluding carboxylic acids is 2. The lowest BCUT2D eigenvalue weighted by molar-refractivity contribution is -0.115. The smallest absolute Gasteiger partial charge is 0.319 e. The maximum absolute atomic E-state index is 11.9. The molecule has 1 aromatic carbocycles. The van der Waals surface area contributed by atoms with Crippen LogP contribution in [0.4, 0.5) is 16.2 Å². The number of carbonyl (C=O) groups is 2. The van der Waals surface area contributed by atoms with Crippen molar-refractivity contribution in [3.8, 4) is 0 Å². The molecule has 0 fully saturated rings. The molecule has 24 heavy (non-hydrogen) atoms. The van der Waals surface area contributed by atoms with E-state index >= 15 is 0 Å². The fraction of sp³-hybridized carbons (Fsp3) is 0.353. The fourth-order valence-corrected chi connectivity index (χ4v) is 2.12. The van der Waals surface area contributed by atoms with Gasteiger partial charge in [0, 0.05) is 43.3 Å². The van der Waals surface area contributed by atoms with Crippen LogP contribution in [0, 0.1) is 5.92 Å². The zero-order valence-electron chi connectivity index (χ0n) is 14.0. The van der Waals surface area contributed by atoms with Crippen molar-refractivity contribution in [2.75, 3.05) is 17.2 Å². The van der Waals surface area contributed by atoms with Gasteiger partial charge in [-0.25, -0.2) is 4.79 Å². The first kappa shape index (κ1) is 17.5. The van der Waals surface area contributed by atoms with Crippen molar-refractivity contribution in [3.05, 3.63) is 42.7 Å². The van der Waals surface area contributed by atoms with E-state index in [0.29, 0.717) is 24.3 Å². The first-order valence-electron chi connectivity index (χ1n) is 7.99. The zero-order valence-corrected chi connectivity index (χ0v) is 14.0. The average Bonchev–Trinajstić information content (AvgIpc) is 3.07. The van der Waals surface area contributed by atoms with Gasteiger partial charge in [-0.1, -0.05) is 13.8 Å². The Labute approximate surface area is 141 Å². The number of nitrogens with zero attached hydrogens (tertiary/aromatic N) is 2. The first-order chi connectivity index (χ1) is 11.6. The summed E-state index contributed by atoms with van der Waals surface area (Å²) in [6, 6.07) is 8.62. The third-order valence-corrected chi connectivity index (χ3v) is 3.42. The summed E-state index contributed by atoms with van der Waals surface area (Å²) in [4.78, 5) is 23.2. The lowest BCUT2D eigenvalue weighted by Gasteiger charge is -2.13. The molecule has 7 heteroatoms. The SMILES string of the molecule is CCC(=O)Nc1ccc(NC(=O)NC[C@@H](C)Cn2cccn2)cc1. The minimum Gasteiger partial charge on any atom is -0.338 e. The van der Waals surface area contributed by atoms with Crippen molar-refractivity contribution in [2.45, 2.75) is 26.8 Å². The van der Waals surface area contributed by atoms with Gasteiger partial charge in [0.25, 0.3) is 0 Å². The average molecular weight is 329 g/mol. The van der Waals surface area contributed by atoms with Gasteiger partial charge in [-0.3, -0.25) is 9.48 Å². The van der Waals surface area contributed by atoms with Crippen molar-refractivity contribution in [3.63, 3.8) is 0 Å². The normalized spacial score (nSPS) is 11.6. The molecule has 0 unspecified atom stereocenters. The number of rotatable bonds is 7. The monoisotopic (exact) mass is 329 g/mol. The second-order valence-corrected chi connectivity index (χ2v) is 5.65. The largest absolute Gasteiger partial charge is 0.338 e. The standard InChI is InChI=1S/C17H23N5O2/c1-3-16(23)20-14-5-7-15(8-6-14)21-17(24)18-11-13(2)12-22-10-4-9-19-22/h4-10,13H,3,11-12H2,1-2H3,(H,20,23)(H2,18,21,24)/t13-/m1/s1. The molecule has 7 nitrogen and oxygen atoms in total. The number of benzene rings is 1. The summed E-state index contributed by atoms with van der Waals surface area (Å²) in [7, 11) is 0. The molecule has 1 aromatic heterocycles. The van der Waals surface area contributed by atoms with E-state index in [1.165, 1.54) is 0 Å². The van der Waals surface area contributed by atoms with Crippen molar-refractivity contribution < 1.29 is 9.59 Å². The Hall–Kier alpha value is -2.83. The molecule has 3 N–H and O–H groups in total. The van der Waals surface area contributed by atoms with Crippen LogP contribution in [0.3, 0.4) is 0 Å². The summed E-state index contributed by atoms with van der Waals surface area (Å²) in [5, 5.41) is 12.5. The van der Waals surface area contributed by atoms with Gasteiger partial charge in [0.2, 0.25) is 5.91 Å². The van der Waals surface area contributed by atoms with E-state index in [-0.39, 0.29) is 17.9 Å². The molecule has 1 heterocycles. The van der Waals surface area contributed by atoms with Crippen molar-refractivity contribution >= 4 is 23.3 Å². The number of aromatic nitrogens is 2. The minimum absolute atomic E-state index is 0.0420. The van der Waals surface area contributed by atoms with Gasteiger partial charge in [-0.15, -0.1) is 0 Å². The van der Waals surface area contributed by atoms with Crippen LogP contribution in [0.15, 0.2) is 42.7 Å². The van der Waals surface area contributed by atoms with Gasteiger partial charge in [0.05, 0.1) is 0 Å². The number of urea groups is 1. The minimum atomic E-state index is -0.257. The summed E-state index contributed by atoms with van der Waals surface area (Å²) in [6.07, 6.45) is 4.06. The van der Waals surface area contributed by atoms with Gasteiger partial charge >= 0.3 is 6.03 Å². The first-order valence-corrected chi connectivity index (χ1v) is 7.99. The molecule has 0 aliphatic carbocycles. The van der Waals surface area contributed by atoms with Crippen molar-refractivity contribution in [1.29, 1.82) is 0 Å². The lowest BCUT2D eigenvalue weighted by atomic mass is 10.2. The van der Waals surface area contributed by atoms with Crippen LogP contribution >= 0.6 is 0 Å². The molecule has 0 aliphatic heterocycles. The highest BCUT2D eigenvalue weighted by Crippen LogP contribution is 2.13. The molecule has 0 bridgehead atoms. The number of anilines is 2. The molecule has 0 saturated heterocycles. The summed E-state index contributed by atoms with van der Waals surface area (Å²) in [6.45, 7) is 5.14. The fourth-order valence-electron chi connectivity index (χ4n) is 2.12. The molecule has 0 aliphatic rings. The molecule has 0 spiro atoms. The van der Waals surface area contributed by atoms with Crippen LogP contribution < -0.4 is 16.0 Å². The van der Waals surface area contributed by atoms with Crippen LogP contribution in [0.2, 0.25) is 0 Å². The predicted molar refractivity (Wildman–Crippen MR) is 93.8 cm³/mol. The van der Waals surface area contributed by atoms with Gasteiger partial charge in [0.1, 0.15) is 0 Å². The van der Waals surface area contributed by atoms with E-state index < -0.39 is 0 Å². The molecule has 128 valence electrons. The Morgan fingerprint density at radius 2 is 1.83 bits per heavy atom. The predicted octanol–water partition coefficient (Wildman–Crippen LogP) is 2.69. The molecule has 1 atom stereocenters. The van der Waals surface area contributed by atoms with Crippen LogP contribution in [0.1, 0.15) is 20.3 Å². The van der Waals surface area contributed by atoms with E-state index in [4.69, 9.17) is 0 Å².